The molecule has 1 aliphatic heterocycles. The third kappa shape index (κ3) is 2.92. The molecule has 0 unspecified atom stereocenters. The number of allylic oxidation sites excluding steroid dienone is 1. The number of pyridine rings is 1. The Morgan fingerprint density at radius 1 is 1.21 bits per heavy atom. The van der Waals surface area contributed by atoms with Crippen LogP contribution in [0.1, 0.15) is 28.6 Å². The molecule has 4 aromatic rings. The third-order valence-electron chi connectivity index (χ3n) is 5.39. The molecule has 1 aliphatic rings. The molecule has 5 rings (SSSR count). The maximum atomic E-state index is 4.70. The van der Waals surface area contributed by atoms with E-state index < -0.39 is 0 Å². The van der Waals surface area contributed by atoms with Crippen LogP contribution in [0.5, 0.6) is 0 Å². The lowest BCUT2D eigenvalue weighted by atomic mass is 9.93. The van der Waals surface area contributed by atoms with Crippen LogP contribution in [-0.2, 0) is 19.5 Å². The van der Waals surface area contributed by atoms with E-state index in [4.69, 9.17) is 4.98 Å². The Kier molecular flexibility index (Phi) is 4.25. The summed E-state index contributed by atoms with van der Waals surface area (Å²) in [6.45, 7) is 6.30. The fraction of sp³-hybridized carbons (Fsp3) is 0.227. The van der Waals surface area contributed by atoms with Crippen LogP contribution < -0.4 is 0 Å². The molecule has 140 valence electrons. The van der Waals surface area contributed by atoms with Crippen molar-refractivity contribution in [3.05, 3.63) is 90.4 Å². The lowest BCUT2D eigenvalue weighted by Gasteiger charge is -2.35. The average molecular weight is 370 g/mol. The lowest BCUT2D eigenvalue weighted by molar-refractivity contribution is 0.201. The van der Waals surface area contributed by atoms with E-state index in [2.05, 4.69) is 57.0 Å². The summed E-state index contributed by atoms with van der Waals surface area (Å²) in [5, 5.41) is 5.62. The number of hydrogen-bond acceptors (Lipinski definition) is 4. The fourth-order valence-corrected chi connectivity index (χ4v) is 4.15. The standard InChI is InChI=1S/C22H22N6/c1-2-10-28-14-16(12-26-28)13-27-11-8-20-21(25-15-24-20)22(27)18-7-9-23-19-6-4-3-5-17(18)19/h2-7,9,12,14-15,22H,1,8,10-11,13H2,(H,24,25)/t22-/m0/s1. The van der Waals surface area contributed by atoms with Crippen LogP contribution >= 0.6 is 0 Å². The molecule has 1 aromatic carbocycles. The van der Waals surface area contributed by atoms with Gasteiger partial charge in [0.05, 0.1) is 36.3 Å². The zero-order valence-electron chi connectivity index (χ0n) is 15.6. The van der Waals surface area contributed by atoms with Gasteiger partial charge >= 0.3 is 0 Å². The Bertz CT molecular complexity index is 1120. The predicted octanol–water partition coefficient (Wildman–Crippen LogP) is 3.49. The molecule has 6 heteroatoms. The van der Waals surface area contributed by atoms with E-state index in [0.717, 1.165) is 37.3 Å². The van der Waals surface area contributed by atoms with Crippen LogP contribution in [0, 0.1) is 0 Å². The SMILES string of the molecule is C=CCn1cc(CN2CCc3[nH]cnc3[C@@H]2c2ccnc3ccccc23)cn1. The van der Waals surface area contributed by atoms with E-state index in [0.29, 0.717) is 0 Å². The highest BCUT2D eigenvalue weighted by Gasteiger charge is 2.32. The highest BCUT2D eigenvalue weighted by atomic mass is 15.3. The topological polar surface area (TPSA) is 62.6 Å². The van der Waals surface area contributed by atoms with Crippen molar-refractivity contribution in [3.63, 3.8) is 0 Å². The van der Waals surface area contributed by atoms with E-state index in [9.17, 15) is 0 Å². The fourth-order valence-electron chi connectivity index (χ4n) is 4.15. The van der Waals surface area contributed by atoms with Crippen molar-refractivity contribution in [2.24, 2.45) is 0 Å². The van der Waals surface area contributed by atoms with Crippen LogP contribution in [0.2, 0.25) is 0 Å². The Morgan fingerprint density at radius 2 is 2.14 bits per heavy atom. The molecule has 3 aromatic heterocycles. The number of hydrogen-bond donors (Lipinski definition) is 1. The minimum Gasteiger partial charge on any atom is -0.348 e. The normalized spacial score (nSPS) is 16.9. The number of rotatable bonds is 5. The summed E-state index contributed by atoms with van der Waals surface area (Å²) in [7, 11) is 0. The van der Waals surface area contributed by atoms with E-state index in [-0.39, 0.29) is 6.04 Å². The Balaban J connectivity index is 1.57. The second-order valence-electron chi connectivity index (χ2n) is 7.17. The van der Waals surface area contributed by atoms with Gasteiger partial charge in [-0.15, -0.1) is 6.58 Å². The van der Waals surface area contributed by atoms with Crippen molar-refractivity contribution >= 4 is 10.9 Å². The molecule has 0 saturated carbocycles. The van der Waals surface area contributed by atoms with Crippen molar-refractivity contribution in [1.82, 2.24) is 29.6 Å². The zero-order chi connectivity index (χ0) is 18.9. The van der Waals surface area contributed by atoms with Crippen molar-refractivity contribution < 1.29 is 0 Å². The second kappa shape index (κ2) is 7.05. The van der Waals surface area contributed by atoms with Crippen molar-refractivity contribution in [2.75, 3.05) is 6.54 Å². The molecule has 0 radical (unpaired) electrons. The molecule has 1 N–H and O–H groups in total. The molecule has 1 atom stereocenters. The summed E-state index contributed by atoms with van der Waals surface area (Å²) in [4.78, 5) is 15.1. The van der Waals surface area contributed by atoms with E-state index >= 15 is 0 Å². The Hall–Kier alpha value is -3.25. The lowest BCUT2D eigenvalue weighted by Crippen LogP contribution is -2.36. The number of para-hydroxylation sites is 1. The summed E-state index contributed by atoms with van der Waals surface area (Å²) in [5.74, 6) is 0. The van der Waals surface area contributed by atoms with Crippen molar-refractivity contribution in [1.29, 1.82) is 0 Å². The van der Waals surface area contributed by atoms with Gasteiger partial charge in [0.2, 0.25) is 0 Å². The van der Waals surface area contributed by atoms with Gasteiger partial charge in [0.25, 0.3) is 0 Å². The molecule has 0 amide bonds. The summed E-state index contributed by atoms with van der Waals surface area (Å²) >= 11 is 0. The monoisotopic (exact) mass is 370 g/mol. The number of imidazole rings is 1. The van der Waals surface area contributed by atoms with Gasteiger partial charge in [-0.3, -0.25) is 14.6 Å². The molecule has 6 nitrogen and oxygen atoms in total. The number of aromatic nitrogens is 5. The quantitative estimate of drug-likeness (QED) is 0.546. The van der Waals surface area contributed by atoms with Gasteiger partial charge in [-0.05, 0) is 17.7 Å². The van der Waals surface area contributed by atoms with Crippen molar-refractivity contribution in [2.45, 2.75) is 25.6 Å². The molecule has 0 fully saturated rings. The number of nitrogens with one attached hydrogen (secondary N) is 1. The molecule has 0 saturated heterocycles. The summed E-state index contributed by atoms with van der Waals surface area (Å²) < 4.78 is 1.92. The van der Waals surface area contributed by atoms with Gasteiger partial charge in [0.15, 0.2) is 0 Å². The van der Waals surface area contributed by atoms with E-state index in [1.54, 1.807) is 0 Å². The first-order chi connectivity index (χ1) is 13.8. The maximum Gasteiger partial charge on any atom is 0.0926 e. The first-order valence-electron chi connectivity index (χ1n) is 9.55. The van der Waals surface area contributed by atoms with Gasteiger partial charge in [-0.25, -0.2) is 4.98 Å². The third-order valence-corrected chi connectivity index (χ3v) is 5.39. The number of fused-ring (bicyclic) bond motifs is 2. The highest BCUT2D eigenvalue weighted by molar-refractivity contribution is 5.82. The van der Waals surface area contributed by atoms with E-state index in [1.165, 1.54) is 22.2 Å². The number of benzene rings is 1. The minimum atomic E-state index is 0.0886. The van der Waals surface area contributed by atoms with Gasteiger partial charge in [0.1, 0.15) is 0 Å². The molecule has 4 heterocycles. The second-order valence-corrected chi connectivity index (χ2v) is 7.17. The number of H-pyrrole nitrogens is 1. The molecular weight excluding hydrogens is 348 g/mol. The zero-order valence-corrected chi connectivity index (χ0v) is 15.6. The predicted molar refractivity (Wildman–Crippen MR) is 109 cm³/mol. The molecule has 0 aliphatic carbocycles. The van der Waals surface area contributed by atoms with Crippen LogP contribution in [0.15, 0.2) is 67.9 Å². The largest absolute Gasteiger partial charge is 0.348 e. The number of aromatic amines is 1. The van der Waals surface area contributed by atoms with Gasteiger partial charge in [-0.2, -0.15) is 5.10 Å². The smallest absolute Gasteiger partial charge is 0.0926 e. The van der Waals surface area contributed by atoms with Crippen molar-refractivity contribution in [3.8, 4) is 0 Å². The molecular formula is C22H22N6. The molecule has 28 heavy (non-hydrogen) atoms. The first-order valence-corrected chi connectivity index (χ1v) is 9.55. The molecule has 0 bridgehead atoms. The summed E-state index contributed by atoms with van der Waals surface area (Å²) in [6, 6.07) is 10.5. The first kappa shape index (κ1) is 16.9. The van der Waals surface area contributed by atoms with Crippen LogP contribution in [0.3, 0.4) is 0 Å². The van der Waals surface area contributed by atoms with Gasteiger partial charge < -0.3 is 4.98 Å². The Morgan fingerprint density at radius 3 is 3.07 bits per heavy atom. The molecule has 0 spiro atoms. The van der Waals surface area contributed by atoms with Crippen LogP contribution in [0.4, 0.5) is 0 Å². The highest BCUT2D eigenvalue weighted by Crippen LogP contribution is 2.37. The van der Waals surface area contributed by atoms with Gasteiger partial charge in [-0.1, -0.05) is 24.3 Å². The summed E-state index contributed by atoms with van der Waals surface area (Å²) in [6.07, 6.45) is 10.6. The van der Waals surface area contributed by atoms with Crippen LogP contribution in [0.25, 0.3) is 10.9 Å². The minimum absolute atomic E-state index is 0.0886. The Labute approximate surface area is 163 Å². The number of nitrogens with zero attached hydrogens (tertiary/aromatic N) is 5. The van der Waals surface area contributed by atoms with Crippen LogP contribution in [-0.4, -0.2) is 36.2 Å². The average Bonchev–Trinajstić information content (AvgIpc) is 3.37. The van der Waals surface area contributed by atoms with E-state index in [1.807, 2.05) is 35.5 Å². The van der Waals surface area contributed by atoms with Gasteiger partial charge in [0, 0.05) is 48.5 Å². The maximum absolute atomic E-state index is 4.70. The summed E-state index contributed by atoms with van der Waals surface area (Å²) in [5.41, 5.74) is 5.80.